The molecule has 1 aliphatic heterocycles. The highest BCUT2D eigenvalue weighted by atomic mass is 16.7. The van der Waals surface area contributed by atoms with Gasteiger partial charge in [0.05, 0.1) is 6.61 Å². The van der Waals surface area contributed by atoms with Crippen molar-refractivity contribution < 1.29 is 9.47 Å². The number of ether oxygens (including phenoxy) is 2. The molecular weight excluding hydrogens is 140 g/mol. The summed E-state index contributed by atoms with van der Waals surface area (Å²) in [7, 11) is 1.63. The first-order valence-corrected chi connectivity index (χ1v) is 3.66. The van der Waals surface area contributed by atoms with Gasteiger partial charge >= 0.3 is 0 Å². The van der Waals surface area contributed by atoms with Gasteiger partial charge in [-0.05, 0) is 19.4 Å². The van der Waals surface area contributed by atoms with Gasteiger partial charge in [0.1, 0.15) is 0 Å². The van der Waals surface area contributed by atoms with Crippen LogP contribution in [0, 0.1) is 0 Å². The molecule has 11 heavy (non-hydrogen) atoms. The summed E-state index contributed by atoms with van der Waals surface area (Å²) in [5, 5.41) is 0. The minimum atomic E-state index is -0.222. The molecule has 1 fully saturated rings. The van der Waals surface area contributed by atoms with Gasteiger partial charge in [-0.1, -0.05) is 12.2 Å². The van der Waals surface area contributed by atoms with Crippen LogP contribution < -0.4 is 0 Å². The molecule has 0 aromatic carbocycles. The van der Waals surface area contributed by atoms with E-state index < -0.39 is 0 Å². The lowest BCUT2D eigenvalue weighted by Gasteiger charge is -2.06. The predicted molar refractivity (Wildman–Crippen MR) is 44.3 cm³/mol. The highest BCUT2D eigenvalue weighted by Crippen LogP contribution is 2.26. The zero-order valence-corrected chi connectivity index (χ0v) is 7.31. The van der Waals surface area contributed by atoms with Crippen molar-refractivity contribution in [2.45, 2.75) is 20.1 Å². The van der Waals surface area contributed by atoms with Crippen LogP contribution in [0.2, 0.25) is 0 Å². The van der Waals surface area contributed by atoms with Crippen molar-refractivity contribution in [2.75, 3.05) is 13.7 Å². The normalized spacial score (nSPS) is 24.5. The molecule has 1 aliphatic rings. The Morgan fingerprint density at radius 2 is 2.27 bits per heavy atom. The van der Waals surface area contributed by atoms with Crippen molar-refractivity contribution in [1.29, 1.82) is 0 Å². The van der Waals surface area contributed by atoms with E-state index in [4.69, 9.17) is 9.47 Å². The van der Waals surface area contributed by atoms with E-state index in [-0.39, 0.29) is 6.29 Å². The van der Waals surface area contributed by atoms with Crippen LogP contribution in [0.25, 0.3) is 0 Å². The Bertz CT molecular complexity index is 200. The van der Waals surface area contributed by atoms with Crippen LogP contribution in [0.4, 0.5) is 0 Å². The molecule has 0 spiro atoms. The fourth-order valence-electron chi connectivity index (χ4n) is 1.17. The van der Waals surface area contributed by atoms with E-state index in [1.807, 2.05) is 0 Å². The summed E-state index contributed by atoms with van der Waals surface area (Å²) in [4.78, 5) is 0. The van der Waals surface area contributed by atoms with Crippen LogP contribution in [0.5, 0.6) is 0 Å². The van der Waals surface area contributed by atoms with Crippen molar-refractivity contribution in [1.82, 2.24) is 0 Å². The molecule has 62 valence electrons. The smallest absolute Gasteiger partial charge is 0.183 e. The third-order valence-electron chi connectivity index (χ3n) is 1.87. The molecule has 1 saturated heterocycles. The fraction of sp³-hybridized carbons (Fsp3) is 0.556. The predicted octanol–water partition coefficient (Wildman–Crippen LogP) is 1.88. The molecule has 0 aromatic heterocycles. The van der Waals surface area contributed by atoms with Crippen LogP contribution >= 0.6 is 0 Å². The van der Waals surface area contributed by atoms with E-state index in [9.17, 15) is 0 Å². The summed E-state index contributed by atoms with van der Waals surface area (Å²) in [5.41, 5.74) is 3.42. The molecule has 0 aromatic rings. The summed E-state index contributed by atoms with van der Waals surface area (Å²) >= 11 is 0. The van der Waals surface area contributed by atoms with Gasteiger partial charge in [0.25, 0.3) is 0 Å². The lowest BCUT2D eigenvalue weighted by atomic mass is 10.1. The van der Waals surface area contributed by atoms with Crippen molar-refractivity contribution in [3.8, 4) is 0 Å². The van der Waals surface area contributed by atoms with Crippen molar-refractivity contribution in [2.24, 2.45) is 0 Å². The molecule has 0 aliphatic carbocycles. The van der Waals surface area contributed by atoms with Crippen LogP contribution in [0.15, 0.2) is 23.3 Å². The van der Waals surface area contributed by atoms with Crippen LogP contribution in [-0.2, 0) is 9.47 Å². The molecule has 1 atom stereocenters. The number of hydrogen-bond donors (Lipinski definition) is 0. The average molecular weight is 154 g/mol. The first kappa shape index (κ1) is 8.50. The summed E-state index contributed by atoms with van der Waals surface area (Å²) < 4.78 is 10.4. The Balaban J connectivity index is 2.79. The maximum Gasteiger partial charge on any atom is 0.183 e. The summed E-state index contributed by atoms with van der Waals surface area (Å²) in [6.45, 7) is 8.65. The van der Waals surface area contributed by atoms with E-state index in [1.165, 1.54) is 11.1 Å². The number of hydrogen-bond acceptors (Lipinski definition) is 2. The van der Waals surface area contributed by atoms with Gasteiger partial charge in [-0.15, -0.1) is 0 Å². The molecule has 0 saturated carbocycles. The third-order valence-corrected chi connectivity index (χ3v) is 1.87. The minimum Gasteiger partial charge on any atom is -0.352 e. The average Bonchev–Trinajstić information content (AvgIpc) is 2.30. The lowest BCUT2D eigenvalue weighted by molar-refractivity contribution is -0.0683. The second-order valence-corrected chi connectivity index (χ2v) is 2.88. The maximum absolute atomic E-state index is 5.31. The Hall–Kier alpha value is -0.600. The number of rotatable bonds is 1. The van der Waals surface area contributed by atoms with Crippen molar-refractivity contribution >= 4 is 0 Å². The fourth-order valence-corrected chi connectivity index (χ4v) is 1.17. The molecule has 1 rings (SSSR count). The Morgan fingerprint density at radius 1 is 1.64 bits per heavy atom. The third kappa shape index (κ3) is 1.52. The monoisotopic (exact) mass is 154 g/mol. The SMILES string of the molecule is C=C1C(=C(C)C)COC1OC. The van der Waals surface area contributed by atoms with Crippen LogP contribution in [0.3, 0.4) is 0 Å². The number of methoxy groups -OCH3 is 1. The standard InChI is InChI=1S/C9H14O2/c1-6(2)8-5-11-9(10-4)7(8)3/h9H,3,5H2,1-2,4H3. The zero-order valence-electron chi connectivity index (χ0n) is 7.31. The Kier molecular flexibility index (Phi) is 2.47. The Labute approximate surface area is 67.5 Å². The number of allylic oxidation sites excluding steroid dienone is 1. The molecule has 0 amide bonds. The van der Waals surface area contributed by atoms with Gasteiger partial charge in [-0.25, -0.2) is 0 Å². The second kappa shape index (κ2) is 3.20. The molecule has 1 heterocycles. The van der Waals surface area contributed by atoms with Gasteiger partial charge in [-0.3, -0.25) is 0 Å². The first-order chi connectivity index (χ1) is 5.16. The largest absolute Gasteiger partial charge is 0.352 e. The molecule has 1 unspecified atom stereocenters. The highest BCUT2D eigenvalue weighted by Gasteiger charge is 2.24. The van der Waals surface area contributed by atoms with Crippen LogP contribution in [-0.4, -0.2) is 20.0 Å². The van der Waals surface area contributed by atoms with Gasteiger partial charge in [0.2, 0.25) is 0 Å². The van der Waals surface area contributed by atoms with E-state index in [1.54, 1.807) is 7.11 Å². The van der Waals surface area contributed by atoms with E-state index in [0.717, 1.165) is 5.57 Å². The maximum atomic E-state index is 5.31. The minimum absolute atomic E-state index is 0.222. The van der Waals surface area contributed by atoms with Crippen molar-refractivity contribution in [3.63, 3.8) is 0 Å². The van der Waals surface area contributed by atoms with Gasteiger partial charge in [-0.2, -0.15) is 0 Å². The van der Waals surface area contributed by atoms with E-state index in [0.29, 0.717) is 6.61 Å². The molecule has 0 bridgehead atoms. The Morgan fingerprint density at radius 3 is 2.55 bits per heavy atom. The van der Waals surface area contributed by atoms with Crippen LogP contribution in [0.1, 0.15) is 13.8 Å². The first-order valence-electron chi connectivity index (χ1n) is 3.66. The zero-order chi connectivity index (χ0) is 8.43. The van der Waals surface area contributed by atoms with E-state index >= 15 is 0 Å². The molecule has 2 heteroatoms. The summed E-state index contributed by atoms with van der Waals surface area (Å²) in [5.74, 6) is 0. The molecule has 0 radical (unpaired) electrons. The van der Waals surface area contributed by atoms with Crippen molar-refractivity contribution in [3.05, 3.63) is 23.3 Å². The topological polar surface area (TPSA) is 18.5 Å². The summed E-state index contributed by atoms with van der Waals surface area (Å²) in [6, 6.07) is 0. The van der Waals surface area contributed by atoms with Gasteiger partial charge < -0.3 is 9.47 Å². The second-order valence-electron chi connectivity index (χ2n) is 2.88. The van der Waals surface area contributed by atoms with Gasteiger partial charge in [0, 0.05) is 12.7 Å². The molecular formula is C9H14O2. The molecule has 2 nitrogen and oxygen atoms in total. The summed E-state index contributed by atoms with van der Waals surface area (Å²) in [6.07, 6.45) is -0.222. The lowest BCUT2D eigenvalue weighted by Crippen LogP contribution is -2.08. The quantitative estimate of drug-likeness (QED) is 0.574. The van der Waals surface area contributed by atoms with Gasteiger partial charge in [0.15, 0.2) is 6.29 Å². The highest BCUT2D eigenvalue weighted by molar-refractivity contribution is 5.37. The molecule has 0 N–H and O–H groups in total. The van der Waals surface area contributed by atoms with E-state index in [2.05, 4.69) is 20.4 Å².